The van der Waals surface area contributed by atoms with Gasteiger partial charge in [0.25, 0.3) is 0 Å². The smallest absolute Gasteiger partial charge is 0.318 e. The molecule has 2 N–H and O–H groups in total. The maximum absolute atomic E-state index is 10.3. The van der Waals surface area contributed by atoms with Crippen molar-refractivity contribution in [1.82, 2.24) is 20.2 Å². The fourth-order valence-electron chi connectivity index (χ4n) is 7.13. The molecule has 2 fully saturated rings. The topological polar surface area (TPSA) is 97.5 Å². The van der Waals surface area contributed by atoms with Gasteiger partial charge in [0.05, 0.1) is 24.2 Å². The first-order valence-electron chi connectivity index (χ1n) is 14.0. The van der Waals surface area contributed by atoms with E-state index in [4.69, 9.17) is 14.7 Å². The summed E-state index contributed by atoms with van der Waals surface area (Å²) in [6.07, 6.45) is 8.89. The number of aryl methyl sites for hydroxylation is 1. The number of hydrogen-bond acceptors (Lipinski definition) is 8. The van der Waals surface area contributed by atoms with Crippen molar-refractivity contribution in [3.63, 3.8) is 0 Å². The zero-order valence-corrected chi connectivity index (χ0v) is 21.9. The average molecular weight is 503 g/mol. The Balaban J connectivity index is 1.38. The Bertz CT molecular complexity index is 1200. The standard InChI is InChI=1S/C29H38N6O2/c1-34-14-3-5-22(34)19-37-28-32-26-17-29(10-2-4-20-6-7-23(36)16-25(20)29)11-8-24(26)27(33-28)35-15-13-31-18-21(35)9-12-30/h6-7,16,21-22,31,36H,2-5,8-11,13-15,17-19H2,1H3/t21-,22-,29?/m0/s1. The van der Waals surface area contributed by atoms with Crippen molar-refractivity contribution in [3.8, 4) is 17.8 Å². The Morgan fingerprint density at radius 2 is 2.11 bits per heavy atom. The number of aromatic hydroxyl groups is 1. The molecule has 1 spiro atoms. The second-order valence-corrected chi connectivity index (χ2v) is 11.4. The lowest BCUT2D eigenvalue weighted by Crippen LogP contribution is -2.52. The number of benzene rings is 1. The van der Waals surface area contributed by atoms with Gasteiger partial charge in [0, 0.05) is 36.7 Å². The summed E-state index contributed by atoms with van der Waals surface area (Å²) in [6, 6.07) is 9.25. The fraction of sp³-hybridized carbons (Fsp3) is 0.621. The molecule has 6 rings (SSSR count). The summed E-state index contributed by atoms with van der Waals surface area (Å²) in [6.45, 7) is 4.18. The highest BCUT2D eigenvalue weighted by molar-refractivity contribution is 5.55. The molecular formula is C29H38N6O2. The SMILES string of the molecule is CN1CCC[C@H]1COc1nc2c(c(N3CCNC[C@@H]3CC#N)n1)CCC1(CCCc3ccc(O)cc31)C2. The second kappa shape index (κ2) is 10.1. The Kier molecular flexibility index (Phi) is 6.68. The first-order valence-corrected chi connectivity index (χ1v) is 14.0. The van der Waals surface area contributed by atoms with Crippen molar-refractivity contribution >= 4 is 5.82 Å². The van der Waals surface area contributed by atoms with Gasteiger partial charge in [-0.2, -0.15) is 15.2 Å². The number of nitrogens with zero attached hydrogens (tertiary/aromatic N) is 5. The van der Waals surface area contributed by atoms with Crippen LogP contribution >= 0.6 is 0 Å². The molecule has 2 saturated heterocycles. The first kappa shape index (κ1) is 24.4. The van der Waals surface area contributed by atoms with E-state index in [1.807, 2.05) is 12.1 Å². The van der Waals surface area contributed by atoms with Gasteiger partial charge >= 0.3 is 6.01 Å². The second-order valence-electron chi connectivity index (χ2n) is 11.4. The number of likely N-dealkylation sites (N-methyl/N-ethyl adjacent to an activating group) is 1. The van der Waals surface area contributed by atoms with Crippen LogP contribution in [0.4, 0.5) is 5.82 Å². The predicted octanol–water partition coefficient (Wildman–Crippen LogP) is 3.11. The number of anilines is 1. The van der Waals surface area contributed by atoms with Crippen molar-refractivity contribution in [1.29, 1.82) is 5.26 Å². The molecule has 8 nitrogen and oxygen atoms in total. The summed E-state index contributed by atoms with van der Waals surface area (Å²) in [5, 5.41) is 23.3. The molecule has 196 valence electrons. The number of hydrogen-bond donors (Lipinski definition) is 2. The molecule has 0 radical (unpaired) electrons. The van der Waals surface area contributed by atoms with Crippen LogP contribution in [0.5, 0.6) is 11.8 Å². The minimum Gasteiger partial charge on any atom is -0.508 e. The molecule has 1 aromatic carbocycles. The number of nitriles is 1. The van der Waals surface area contributed by atoms with Gasteiger partial charge in [0.15, 0.2) is 0 Å². The highest BCUT2D eigenvalue weighted by atomic mass is 16.5. The molecule has 2 aromatic rings. The van der Waals surface area contributed by atoms with E-state index in [2.05, 4.69) is 34.3 Å². The maximum atomic E-state index is 10.3. The van der Waals surface area contributed by atoms with Crippen LogP contribution in [0.1, 0.15) is 60.9 Å². The number of rotatable bonds is 5. The minimum atomic E-state index is -0.0105. The molecule has 0 saturated carbocycles. The van der Waals surface area contributed by atoms with Gasteiger partial charge in [-0.1, -0.05) is 6.07 Å². The number of phenolic OH excluding ortho intramolecular Hbond substituents is 1. The number of fused-ring (bicyclic) bond motifs is 3. The summed E-state index contributed by atoms with van der Waals surface area (Å²) in [4.78, 5) is 14.8. The zero-order valence-electron chi connectivity index (χ0n) is 21.9. The Hall–Kier alpha value is -2.89. The monoisotopic (exact) mass is 502 g/mol. The van der Waals surface area contributed by atoms with Crippen molar-refractivity contribution in [2.75, 3.05) is 44.7 Å². The van der Waals surface area contributed by atoms with E-state index in [-0.39, 0.29) is 11.5 Å². The molecule has 37 heavy (non-hydrogen) atoms. The molecule has 3 atom stereocenters. The summed E-state index contributed by atoms with van der Waals surface area (Å²) >= 11 is 0. The fourth-order valence-corrected chi connectivity index (χ4v) is 7.13. The van der Waals surface area contributed by atoms with Crippen LogP contribution in [0, 0.1) is 11.3 Å². The molecule has 3 heterocycles. The Morgan fingerprint density at radius 1 is 1.19 bits per heavy atom. The summed E-state index contributed by atoms with van der Waals surface area (Å²) in [7, 11) is 2.16. The Labute approximate surface area is 219 Å². The van der Waals surface area contributed by atoms with Crippen molar-refractivity contribution in [3.05, 3.63) is 40.6 Å². The lowest BCUT2D eigenvalue weighted by atomic mass is 9.62. The number of ether oxygens (including phenoxy) is 1. The molecule has 0 amide bonds. The van der Waals surface area contributed by atoms with Crippen molar-refractivity contribution in [2.45, 2.75) is 75.3 Å². The lowest BCUT2D eigenvalue weighted by Gasteiger charge is -2.44. The first-order chi connectivity index (χ1) is 18.1. The van der Waals surface area contributed by atoms with Gasteiger partial charge in [0.1, 0.15) is 18.2 Å². The molecule has 4 aliphatic rings. The third-order valence-corrected chi connectivity index (χ3v) is 9.20. The van der Waals surface area contributed by atoms with Crippen LogP contribution < -0.4 is 15.0 Å². The largest absolute Gasteiger partial charge is 0.508 e. The third kappa shape index (κ3) is 4.64. The highest BCUT2D eigenvalue weighted by Crippen LogP contribution is 2.48. The number of likely N-dealkylation sites (tertiary alicyclic amines) is 1. The summed E-state index contributed by atoms with van der Waals surface area (Å²) < 4.78 is 6.31. The zero-order chi connectivity index (χ0) is 25.4. The molecule has 2 aliphatic heterocycles. The van der Waals surface area contributed by atoms with E-state index in [0.29, 0.717) is 30.8 Å². The molecule has 8 heteroatoms. The highest BCUT2D eigenvalue weighted by Gasteiger charge is 2.42. The maximum Gasteiger partial charge on any atom is 0.318 e. The third-order valence-electron chi connectivity index (χ3n) is 9.20. The van der Waals surface area contributed by atoms with Gasteiger partial charge in [-0.3, -0.25) is 0 Å². The van der Waals surface area contributed by atoms with Crippen molar-refractivity contribution in [2.24, 2.45) is 0 Å². The number of phenols is 1. The normalized spacial score (nSPS) is 27.5. The quantitative estimate of drug-likeness (QED) is 0.644. The van der Waals surface area contributed by atoms with Gasteiger partial charge in [-0.05, 0) is 88.2 Å². The van der Waals surface area contributed by atoms with E-state index in [0.717, 1.165) is 82.6 Å². The van der Waals surface area contributed by atoms with E-state index in [1.165, 1.54) is 23.1 Å². The minimum absolute atomic E-state index is 0.0105. The molecule has 2 aliphatic carbocycles. The Morgan fingerprint density at radius 3 is 2.95 bits per heavy atom. The van der Waals surface area contributed by atoms with Crippen LogP contribution in [-0.2, 0) is 24.7 Å². The molecule has 0 bridgehead atoms. The van der Waals surface area contributed by atoms with Crippen LogP contribution in [0.3, 0.4) is 0 Å². The molecular weight excluding hydrogens is 464 g/mol. The van der Waals surface area contributed by atoms with Gasteiger partial charge in [-0.15, -0.1) is 0 Å². The number of nitrogens with one attached hydrogen (secondary N) is 1. The van der Waals surface area contributed by atoms with Crippen LogP contribution in [0.25, 0.3) is 0 Å². The van der Waals surface area contributed by atoms with Crippen LogP contribution in [0.2, 0.25) is 0 Å². The van der Waals surface area contributed by atoms with E-state index in [9.17, 15) is 10.4 Å². The van der Waals surface area contributed by atoms with Crippen LogP contribution in [0.15, 0.2) is 18.2 Å². The number of aromatic nitrogens is 2. The summed E-state index contributed by atoms with van der Waals surface area (Å²) in [5.74, 6) is 1.31. The molecule has 1 unspecified atom stereocenters. The molecule has 1 aromatic heterocycles. The predicted molar refractivity (Wildman–Crippen MR) is 142 cm³/mol. The van der Waals surface area contributed by atoms with Gasteiger partial charge in [0.2, 0.25) is 0 Å². The van der Waals surface area contributed by atoms with E-state index >= 15 is 0 Å². The van der Waals surface area contributed by atoms with Gasteiger partial charge < -0.3 is 25.0 Å². The number of piperazine rings is 1. The van der Waals surface area contributed by atoms with Gasteiger partial charge in [-0.25, -0.2) is 0 Å². The van der Waals surface area contributed by atoms with E-state index < -0.39 is 0 Å². The van der Waals surface area contributed by atoms with Crippen LogP contribution in [-0.4, -0.2) is 71.9 Å². The van der Waals surface area contributed by atoms with Crippen molar-refractivity contribution < 1.29 is 9.84 Å². The summed E-state index contributed by atoms with van der Waals surface area (Å²) in [5.41, 5.74) is 4.94. The average Bonchev–Trinajstić information content (AvgIpc) is 3.32. The lowest BCUT2D eigenvalue weighted by molar-refractivity contribution is 0.186. The van der Waals surface area contributed by atoms with E-state index in [1.54, 1.807) is 0 Å².